The topological polar surface area (TPSA) is 108 Å². The van der Waals surface area contributed by atoms with Crippen molar-refractivity contribution in [2.75, 3.05) is 44.1 Å². The first-order chi connectivity index (χ1) is 13.4. The number of nitrogens with zero attached hydrogens (tertiary/aromatic N) is 1. The number of likely N-dealkylation sites (N-methyl/N-ethyl adjacent to an activating group) is 1. The normalized spacial score (nSPS) is 10.2. The molecule has 0 heterocycles. The highest BCUT2D eigenvalue weighted by Crippen LogP contribution is 2.23. The third-order valence-electron chi connectivity index (χ3n) is 3.97. The Morgan fingerprint density at radius 2 is 1.82 bits per heavy atom. The number of aromatic carboxylic acids is 1. The molecule has 2 aromatic rings. The highest BCUT2D eigenvalue weighted by atomic mass is 16.5. The van der Waals surface area contributed by atoms with Crippen molar-refractivity contribution in [2.45, 2.75) is 0 Å². The number of hydrogen-bond donors (Lipinski definition) is 3. The van der Waals surface area contributed by atoms with E-state index >= 15 is 0 Å². The molecule has 0 spiro atoms. The molecule has 0 bridgehead atoms. The molecule has 8 nitrogen and oxygen atoms in total. The molecular weight excluding hydrogens is 362 g/mol. The van der Waals surface area contributed by atoms with Crippen LogP contribution >= 0.6 is 0 Å². The molecule has 0 fully saturated rings. The van der Waals surface area contributed by atoms with E-state index < -0.39 is 11.9 Å². The van der Waals surface area contributed by atoms with Gasteiger partial charge in [0.15, 0.2) is 0 Å². The van der Waals surface area contributed by atoms with Crippen LogP contribution in [0.1, 0.15) is 20.7 Å². The number of rotatable bonds is 9. The molecule has 8 heteroatoms. The van der Waals surface area contributed by atoms with Crippen LogP contribution < -0.4 is 15.5 Å². The minimum absolute atomic E-state index is 0.0541. The van der Waals surface area contributed by atoms with Crippen LogP contribution in [0, 0.1) is 0 Å². The smallest absolute Gasteiger partial charge is 0.337 e. The molecule has 2 amide bonds. The average Bonchev–Trinajstić information content (AvgIpc) is 2.68. The summed E-state index contributed by atoms with van der Waals surface area (Å²) in [5.74, 6) is -1.79. The van der Waals surface area contributed by atoms with Crippen LogP contribution in [0.2, 0.25) is 0 Å². The Morgan fingerprint density at radius 1 is 1.11 bits per heavy atom. The maximum absolute atomic E-state index is 12.3. The molecule has 0 saturated heterocycles. The standard InChI is InChI=1S/C20H23N3O5/c1-23(13-18(24)21-10-11-28-2)15-8-9-17(16(12-15)20(26)27)22-19(25)14-6-4-3-5-7-14/h3-9,12H,10-11,13H2,1-2H3,(H,21,24)(H,22,25)(H,26,27). The number of methoxy groups -OCH3 is 1. The number of ether oxygens (including phenoxy) is 1. The zero-order valence-electron chi connectivity index (χ0n) is 15.8. The number of carboxylic acids is 1. The van der Waals surface area contributed by atoms with Gasteiger partial charge in [-0.05, 0) is 30.3 Å². The first-order valence-corrected chi connectivity index (χ1v) is 8.63. The van der Waals surface area contributed by atoms with Gasteiger partial charge in [-0.25, -0.2) is 4.79 Å². The lowest BCUT2D eigenvalue weighted by atomic mass is 10.1. The van der Waals surface area contributed by atoms with Gasteiger partial charge >= 0.3 is 5.97 Å². The molecule has 0 atom stereocenters. The molecule has 0 radical (unpaired) electrons. The molecule has 0 aromatic heterocycles. The predicted octanol–water partition coefficient (Wildman–Crippen LogP) is 1.84. The summed E-state index contributed by atoms with van der Waals surface area (Å²) in [5, 5.41) is 14.8. The van der Waals surface area contributed by atoms with Crippen molar-refractivity contribution >= 4 is 29.2 Å². The van der Waals surface area contributed by atoms with Crippen LogP contribution in [-0.2, 0) is 9.53 Å². The minimum Gasteiger partial charge on any atom is -0.478 e. The molecule has 28 heavy (non-hydrogen) atoms. The molecule has 0 aliphatic heterocycles. The highest BCUT2D eigenvalue weighted by molar-refractivity contribution is 6.08. The molecule has 2 rings (SSSR count). The molecule has 0 aliphatic rings. The van der Waals surface area contributed by atoms with Gasteiger partial charge in [-0.1, -0.05) is 18.2 Å². The van der Waals surface area contributed by atoms with Crippen LogP contribution in [0.15, 0.2) is 48.5 Å². The van der Waals surface area contributed by atoms with E-state index in [9.17, 15) is 19.5 Å². The highest BCUT2D eigenvalue weighted by Gasteiger charge is 2.16. The van der Waals surface area contributed by atoms with Gasteiger partial charge in [0.05, 0.1) is 24.4 Å². The largest absolute Gasteiger partial charge is 0.478 e. The van der Waals surface area contributed by atoms with Gasteiger partial charge in [-0.2, -0.15) is 0 Å². The minimum atomic E-state index is -1.18. The third-order valence-corrected chi connectivity index (χ3v) is 3.97. The zero-order valence-corrected chi connectivity index (χ0v) is 15.8. The van der Waals surface area contributed by atoms with E-state index in [0.717, 1.165) is 0 Å². The van der Waals surface area contributed by atoms with E-state index in [2.05, 4.69) is 10.6 Å². The number of nitrogens with one attached hydrogen (secondary N) is 2. The Morgan fingerprint density at radius 3 is 2.46 bits per heavy atom. The summed E-state index contributed by atoms with van der Waals surface area (Å²) in [6, 6.07) is 13.1. The van der Waals surface area contributed by atoms with E-state index in [4.69, 9.17) is 4.74 Å². The van der Waals surface area contributed by atoms with E-state index in [1.807, 2.05) is 0 Å². The van der Waals surface area contributed by atoms with Gasteiger partial charge in [0, 0.05) is 32.0 Å². The Bertz CT molecular complexity index is 839. The van der Waals surface area contributed by atoms with E-state index in [1.54, 1.807) is 55.5 Å². The summed E-state index contributed by atoms with van der Waals surface area (Å²) in [4.78, 5) is 37.5. The molecule has 148 valence electrons. The number of benzene rings is 2. The number of carbonyl (C=O) groups excluding carboxylic acids is 2. The molecule has 0 saturated carbocycles. The van der Waals surface area contributed by atoms with Crippen LogP contribution in [0.25, 0.3) is 0 Å². The van der Waals surface area contributed by atoms with Gasteiger partial charge in [0.1, 0.15) is 0 Å². The van der Waals surface area contributed by atoms with Gasteiger partial charge in [-0.3, -0.25) is 9.59 Å². The Kier molecular flexibility index (Phi) is 7.53. The van der Waals surface area contributed by atoms with Crippen molar-refractivity contribution in [3.63, 3.8) is 0 Å². The summed E-state index contributed by atoms with van der Waals surface area (Å²) in [6.07, 6.45) is 0. The van der Waals surface area contributed by atoms with Gasteiger partial charge < -0.3 is 25.4 Å². The fourth-order valence-electron chi connectivity index (χ4n) is 2.49. The predicted molar refractivity (Wildman–Crippen MR) is 106 cm³/mol. The molecule has 0 aliphatic carbocycles. The van der Waals surface area contributed by atoms with Crippen LogP contribution in [0.4, 0.5) is 11.4 Å². The number of anilines is 2. The number of hydrogen-bond acceptors (Lipinski definition) is 5. The average molecular weight is 385 g/mol. The van der Waals surface area contributed by atoms with E-state index in [0.29, 0.717) is 24.4 Å². The zero-order chi connectivity index (χ0) is 20.5. The summed E-state index contributed by atoms with van der Waals surface area (Å²) >= 11 is 0. The molecule has 3 N–H and O–H groups in total. The lowest BCUT2D eigenvalue weighted by molar-refractivity contribution is -0.119. The van der Waals surface area contributed by atoms with Crippen molar-refractivity contribution in [1.82, 2.24) is 5.32 Å². The Hall–Kier alpha value is -3.39. The van der Waals surface area contributed by atoms with E-state index in [1.165, 1.54) is 12.1 Å². The van der Waals surface area contributed by atoms with Crippen molar-refractivity contribution in [2.24, 2.45) is 0 Å². The SMILES string of the molecule is COCCNC(=O)CN(C)c1ccc(NC(=O)c2ccccc2)c(C(=O)O)c1. The van der Waals surface area contributed by atoms with Gasteiger partial charge in [0.2, 0.25) is 5.91 Å². The first kappa shape index (κ1) is 20.9. The fourth-order valence-corrected chi connectivity index (χ4v) is 2.49. The van der Waals surface area contributed by atoms with Crippen molar-refractivity contribution in [3.05, 3.63) is 59.7 Å². The maximum Gasteiger partial charge on any atom is 0.337 e. The van der Waals surface area contributed by atoms with Crippen molar-refractivity contribution in [3.8, 4) is 0 Å². The molecular formula is C20H23N3O5. The van der Waals surface area contributed by atoms with E-state index in [-0.39, 0.29) is 23.7 Å². The summed E-state index contributed by atoms with van der Waals surface area (Å²) < 4.78 is 4.87. The second-order valence-corrected chi connectivity index (χ2v) is 6.05. The molecule has 0 unspecified atom stereocenters. The maximum atomic E-state index is 12.3. The number of carbonyl (C=O) groups is 3. The summed E-state index contributed by atoms with van der Waals surface area (Å²) in [7, 11) is 3.23. The number of amides is 2. The van der Waals surface area contributed by atoms with Crippen LogP contribution in [0.5, 0.6) is 0 Å². The Balaban J connectivity index is 2.12. The lowest BCUT2D eigenvalue weighted by Crippen LogP contribution is -2.36. The lowest BCUT2D eigenvalue weighted by Gasteiger charge is -2.20. The third kappa shape index (κ3) is 5.82. The second kappa shape index (κ2) is 10.1. The Labute approximate surface area is 163 Å². The number of carboxylic acid groups (broad SMARTS) is 1. The summed E-state index contributed by atoms with van der Waals surface area (Å²) in [6.45, 7) is 0.862. The van der Waals surface area contributed by atoms with Crippen molar-refractivity contribution < 1.29 is 24.2 Å². The fraction of sp³-hybridized carbons (Fsp3) is 0.250. The van der Waals surface area contributed by atoms with Crippen LogP contribution in [-0.4, -0.2) is 56.7 Å². The first-order valence-electron chi connectivity index (χ1n) is 8.63. The monoisotopic (exact) mass is 385 g/mol. The molecule has 2 aromatic carbocycles. The second-order valence-electron chi connectivity index (χ2n) is 6.05. The summed E-state index contributed by atoms with van der Waals surface area (Å²) in [5.41, 5.74) is 1.08. The van der Waals surface area contributed by atoms with Gasteiger partial charge in [0.25, 0.3) is 5.91 Å². The quantitative estimate of drug-likeness (QED) is 0.569. The van der Waals surface area contributed by atoms with Crippen LogP contribution in [0.3, 0.4) is 0 Å². The van der Waals surface area contributed by atoms with Gasteiger partial charge in [-0.15, -0.1) is 0 Å². The van der Waals surface area contributed by atoms with Crippen molar-refractivity contribution in [1.29, 1.82) is 0 Å².